The number of para-hydroxylation sites is 1. The highest BCUT2D eigenvalue weighted by Gasteiger charge is 2.25. The molecule has 1 N–H and O–H groups in total. The number of rotatable bonds is 6. The van der Waals surface area contributed by atoms with Crippen molar-refractivity contribution in [1.29, 1.82) is 0 Å². The van der Waals surface area contributed by atoms with Crippen molar-refractivity contribution in [3.63, 3.8) is 0 Å². The third kappa shape index (κ3) is 4.59. The maximum absolute atomic E-state index is 11.7. The molecule has 2 aromatic rings. The Hall–Kier alpha value is -2.44. The van der Waals surface area contributed by atoms with Crippen LogP contribution in [0.3, 0.4) is 0 Å². The van der Waals surface area contributed by atoms with Crippen LogP contribution < -0.4 is 14.8 Å². The van der Waals surface area contributed by atoms with Crippen LogP contribution in [0.5, 0.6) is 11.5 Å². The van der Waals surface area contributed by atoms with Gasteiger partial charge in [-0.15, -0.1) is 0 Å². The van der Waals surface area contributed by atoms with Crippen LogP contribution in [-0.2, 0) is 4.79 Å². The maximum atomic E-state index is 11.7. The second-order valence-electron chi connectivity index (χ2n) is 5.50. The van der Waals surface area contributed by atoms with Crippen molar-refractivity contribution >= 4 is 40.6 Å². The standard InChI is InChI=1S/C19H16ClNO4S/c1-12-10-14(6-7-15(12)20)24-8-9-25-16-5-3-2-4-13(16)11-17-18(22)21-19(23)26-17/h2-7,10-11H,8-9H2,1H3,(H,21,22,23)/b17-11+. The predicted molar refractivity (Wildman–Crippen MR) is 103 cm³/mol. The highest BCUT2D eigenvalue weighted by Crippen LogP contribution is 2.29. The lowest BCUT2D eigenvalue weighted by atomic mass is 10.2. The molecule has 2 amide bonds. The lowest BCUT2D eigenvalue weighted by Crippen LogP contribution is -2.17. The van der Waals surface area contributed by atoms with Gasteiger partial charge in [-0.1, -0.05) is 29.8 Å². The number of nitrogens with one attached hydrogen (secondary N) is 1. The maximum Gasteiger partial charge on any atom is 0.290 e. The van der Waals surface area contributed by atoms with E-state index in [0.717, 1.165) is 28.6 Å². The second-order valence-corrected chi connectivity index (χ2v) is 6.92. The summed E-state index contributed by atoms with van der Waals surface area (Å²) in [6.07, 6.45) is 1.64. The zero-order valence-electron chi connectivity index (χ0n) is 14.0. The highest BCUT2D eigenvalue weighted by molar-refractivity contribution is 8.18. The fourth-order valence-electron chi connectivity index (χ4n) is 2.31. The van der Waals surface area contributed by atoms with Crippen molar-refractivity contribution in [1.82, 2.24) is 5.32 Å². The van der Waals surface area contributed by atoms with Crippen LogP contribution in [-0.4, -0.2) is 24.4 Å². The molecule has 0 aromatic heterocycles. The Kier molecular flexibility index (Phi) is 5.85. The van der Waals surface area contributed by atoms with Crippen molar-refractivity contribution in [2.24, 2.45) is 0 Å². The van der Waals surface area contributed by atoms with E-state index < -0.39 is 5.91 Å². The number of hydrogen-bond acceptors (Lipinski definition) is 5. The van der Waals surface area contributed by atoms with Crippen molar-refractivity contribution < 1.29 is 19.1 Å². The number of carbonyl (C=O) groups is 2. The molecule has 1 saturated heterocycles. The second kappa shape index (κ2) is 8.29. The van der Waals surface area contributed by atoms with Gasteiger partial charge in [0.2, 0.25) is 0 Å². The van der Waals surface area contributed by atoms with Crippen molar-refractivity contribution in [2.75, 3.05) is 13.2 Å². The molecule has 134 valence electrons. The third-order valence-electron chi connectivity index (χ3n) is 3.59. The molecule has 3 rings (SSSR count). The van der Waals surface area contributed by atoms with Gasteiger partial charge in [0.15, 0.2) is 0 Å². The largest absolute Gasteiger partial charge is 0.490 e. The Labute approximate surface area is 160 Å². The molecule has 0 bridgehead atoms. The van der Waals surface area contributed by atoms with Gasteiger partial charge in [-0.3, -0.25) is 14.9 Å². The fraction of sp³-hybridized carbons (Fsp3) is 0.158. The molecular formula is C19H16ClNO4S. The highest BCUT2D eigenvalue weighted by atomic mass is 35.5. The Morgan fingerprint density at radius 2 is 1.88 bits per heavy atom. The summed E-state index contributed by atoms with van der Waals surface area (Å²) in [5, 5.41) is 2.56. The molecule has 0 aliphatic carbocycles. The van der Waals surface area contributed by atoms with E-state index in [1.54, 1.807) is 24.3 Å². The molecule has 1 heterocycles. The zero-order chi connectivity index (χ0) is 18.5. The van der Waals surface area contributed by atoms with E-state index in [2.05, 4.69) is 5.32 Å². The molecule has 0 unspecified atom stereocenters. The number of hydrogen-bond donors (Lipinski definition) is 1. The van der Waals surface area contributed by atoms with Gasteiger partial charge in [0.05, 0.1) is 4.91 Å². The first-order valence-corrected chi connectivity index (χ1v) is 9.08. The van der Waals surface area contributed by atoms with E-state index in [4.69, 9.17) is 21.1 Å². The summed E-state index contributed by atoms with van der Waals surface area (Å²) in [4.78, 5) is 23.3. The summed E-state index contributed by atoms with van der Waals surface area (Å²) in [7, 11) is 0. The summed E-state index contributed by atoms with van der Waals surface area (Å²) >= 11 is 6.87. The van der Waals surface area contributed by atoms with Gasteiger partial charge in [-0.2, -0.15) is 0 Å². The molecule has 0 spiro atoms. The third-order valence-corrected chi connectivity index (χ3v) is 4.82. The Balaban J connectivity index is 1.60. The monoisotopic (exact) mass is 389 g/mol. The summed E-state index contributed by atoms with van der Waals surface area (Å²) < 4.78 is 11.4. The van der Waals surface area contributed by atoms with E-state index in [1.165, 1.54) is 0 Å². The van der Waals surface area contributed by atoms with Crippen molar-refractivity contribution in [3.8, 4) is 11.5 Å². The van der Waals surface area contributed by atoms with Gasteiger partial charge in [-0.25, -0.2) is 0 Å². The molecule has 0 saturated carbocycles. The lowest BCUT2D eigenvalue weighted by molar-refractivity contribution is -0.115. The summed E-state index contributed by atoms with van der Waals surface area (Å²) in [5.74, 6) is 0.948. The number of halogens is 1. The Morgan fingerprint density at radius 3 is 2.62 bits per heavy atom. The van der Waals surface area contributed by atoms with Gasteiger partial charge in [0.1, 0.15) is 24.7 Å². The SMILES string of the molecule is Cc1cc(OCCOc2ccccc2/C=C2/SC(=O)NC2=O)ccc1Cl. The van der Waals surface area contributed by atoms with Crippen LogP contribution in [0.15, 0.2) is 47.4 Å². The molecule has 0 radical (unpaired) electrons. The Bertz CT molecular complexity index is 882. The minimum atomic E-state index is -0.392. The van der Waals surface area contributed by atoms with Crippen LogP contribution in [0.2, 0.25) is 5.02 Å². The molecular weight excluding hydrogens is 374 g/mol. The molecule has 26 heavy (non-hydrogen) atoms. The van der Waals surface area contributed by atoms with Crippen LogP contribution in [0.4, 0.5) is 4.79 Å². The topological polar surface area (TPSA) is 64.6 Å². The smallest absolute Gasteiger partial charge is 0.290 e. The molecule has 0 atom stereocenters. The number of ether oxygens (including phenoxy) is 2. The van der Waals surface area contributed by atoms with Gasteiger partial charge < -0.3 is 9.47 Å². The first-order chi connectivity index (χ1) is 12.5. The van der Waals surface area contributed by atoms with Crippen molar-refractivity contribution in [3.05, 3.63) is 63.5 Å². The quantitative estimate of drug-likeness (QED) is 0.584. The van der Waals surface area contributed by atoms with E-state index >= 15 is 0 Å². The summed E-state index contributed by atoms with van der Waals surface area (Å²) in [6, 6.07) is 12.8. The summed E-state index contributed by atoms with van der Waals surface area (Å²) in [5.41, 5.74) is 1.67. The van der Waals surface area contributed by atoms with Crippen LogP contribution in [0.25, 0.3) is 6.08 Å². The van der Waals surface area contributed by atoms with Crippen molar-refractivity contribution in [2.45, 2.75) is 6.92 Å². The first kappa shape index (κ1) is 18.4. The van der Waals surface area contributed by atoms with E-state index in [1.807, 2.05) is 31.2 Å². The number of benzene rings is 2. The number of carbonyl (C=O) groups excluding carboxylic acids is 2. The molecule has 2 aromatic carbocycles. The zero-order valence-corrected chi connectivity index (χ0v) is 15.5. The number of imide groups is 1. The van der Waals surface area contributed by atoms with Gasteiger partial charge in [0, 0.05) is 10.6 Å². The minimum absolute atomic E-state index is 0.333. The van der Waals surface area contributed by atoms with Gasteiger partial charge in [-0.05, 0) is 54.6 Å². The van der Waals surface area contributed by atoms with E-state index in [-0.39, 0.29) is 5.24 Å². The number of aryl methyl sites for hydroxylation is 1. The average molecular weight is 390 g/mol. The predicted octanol–water partition coefficient (Wildman–Crippen LogP) is 4.43. The van der Waals surface area contributed by atoms with E-state index in [9.17, 15) is 9.59 Å². The Morgan fingerprint density at radius 1 is 1.12 bits per heavy atom. The lowest BCUT2D eigenvalue weighted by Gasteiger charge is -2.11. The molecule has 1 aliphatic heterocycles. The van der Waals surface area contributed by atoms with Crippen LogP contribution in [0, 0.1) is 6.92 Å². The number of thioether (sulfide) groups is 1. The number of amides is 2. The minimum Gasteiger partial charge on any atom is -0.490 e. The average Bonchev–Trinajstić information content (AvgIpc) is 2.93. The molecule has 1 aliphatic rings. The summed E-state index contributed by atoms with van der Waals surface area (Å²) in [6.45, 7) is 2.61. The molecule has 5 nitrogen and oxygen atoms in total. The van der Waals surface area contributed by atoms with Gasteiger partial charge >= 0.3 is 0 Å². The first-order valence-electron chi connectivity index (χ1n) is 7.88. The molecule has 1 fully saturated rings. The molecule has 7 heteroatoms. The van der Waals surface area contributed by atoms with E-state index in [0.29, 0.717) is 28.9 Å². The van der Waals surface area contributed by atoms with Crippen LogP contribution >= 0.6 is 23.4 Å². The van der Waals surface area contributed by atoms with Crippen LogP contribution in [0.1, 0.15) is 11.1 Å². The fourth-order valence-corrected chi connectivity index (χ4v) is 3.10. The van der Waals surface area contributed by atoms with Gasteiger partial charge in [0.25, 0.3) is 11.1 Å². The normalized spacial score (nSPS) is 15.2.